The highest BCUT2D eigenvalue weighted by atomic mass is 19.1. The predicted molar refractivity (Wildman–Crippen MR) is 77.0 cm³/mol. The summed E-state index contributed by atoms with van der Waals surface area (Å²) in [6, 6.07) is 6.72. The molecule has 0 amide bonds. The summed E-state index contributed by atoms with van der Waals surface area (Å²) in [5, 5.41) is 3.16. The van der Waals surface area contributed by atoms with Crippen LogP contribution in [0.5, 0.6) is 0 Å². The summed E-state index contributed by atoms with van der Waals surface area (Å²) < 4.78 is 18.5. The molecule has 106 valence electrons. The Morgan fingerprint density at radius 3 is 2.70 bits per heavy atom. The number of aryl methyl sites for hydroxylation is 1. The van der Waals surface area contributed by atoms with E-state index in [1.54, 1.807) is 26.2 Å². The number of nitrogens with one attached hydrogen (secondary N) is 1. The Hall–Kier alpha value is -2.01. The Bertz CT molecular complexity index is 577. The lowest BCUT2D eigenvalue weighted by Gasteiger charge is -2.09. The fraction of sp³-hybridized carbons (Fsp3) is 0.333. The zero-order valence-electron chi connectivity index (χ0n) is 11.9. The molecule has 5 heteroatoms. The maximum atomic E-state index is 13.3. The molecular formula is C15H18FN3O. The highest BCUT2D eigenvalue weighted by molar-refractivity contribution is 5.58. The van der Waals surface area contributed by atoms with Gasteiger partial charge in [-0.15, -0.1) is 0 Å². The predicted octanol–water partition coefficient (Wildman–Crippen LogP) is 3.17. The molecular weight excluding hydrogens is 257 g/mol. The number of hydrogen-bond donors (Lipinski definition) is 1. The van der Waals surface area contributed by atoms with Crippen LogP contribution in [0.4, 0.5) is 10.2 Å². The highest BCUT2D eigenvalue weighted by Crippen LogP contribution is 2.21. The van der Waals surface area contributed by atoms with E-state index in [4.69, 9.17) is 4.74 Å². The molecule has 0 fully saturated rings. The third-order valence-electron chi connectivity index (χ3n) is 2.85. The van der Waals surface area contributed by atoms with Gasteiger partial charge < -0.3 is 10.1 Å². The van der Waals surface area contributed by atoms with Crippen LogP contribution in [-0.2, 0) is 11.3 Å². The van der Waals surface area contributed by atoms with Crippen LogP contribution in [0.15, 0.2) is 24.3 Å². The van der Waals surface area contributed by atoms with Crippen molar-refractivity contribution in [3.8, 4) is 11.4 Å². The Morgan fingerprint density at radius 1 is 1.25 bits per heavy atom. The third-order valence-corrected chi connectivity index (χ3v) is 2.85. The van der Waals surface area contributed by atoms with Crippen LogP contribution in [0.2, 0.25) is 0 Å². The van der Waals surface area contributed by atoms with Crippen LogP contribution in [0.1, 0.15) is 18.2 Å². The molecule has 0 atom stereocenters. The molecule has 20 heavy (non-hydrogen) atoms. The number of halogens is 1. The Morgan fingerprint density at radius 2 is 2.05 bits per heavy atom. The van der Waals surface area contributed by atoms with Gasteiger partial charge in [0.25, 0.3) is 0 Å². The SMILES string of the molecule is CCNc1cc(COC)nc(-c2ccc(F)c(C)c2)n1. The minimum absolute atomic E-state index is 0.228. The maximum Gasteiger partial charge on any atom is 0.161 e. The molecule has 0 aliphatic heterocycles. The Kier molecular flexibility index (Phi) is 4.63. The number of ether oxygens (including phenoxy) is 1. The average Bonchev–Trinajstić information content (AvgIpc) is 2.42. The molecule has 2 rings (SSSR count). The fourth-order valence-electron chi connectivity index (χ4n) is 1.90. The number of methoxy groups -OCH3 is 1. The van der Waals surface area contributed by atoms with Crippen LogP contribution in [0, 0.1) is 12.7 Å². The average molecular weight is 275 g/mol. The zero-order valence-corrected chi connectivity index (χ0v) is 11.9. The van der Waals surface area contributed by atoms with Crippen molar-refractivity contribution in [1.29, 1.82) is 0 Å². The lowest BCUT2D eigenvalue weighted by Crippen LogP contribution is -2.05. The van der Waals surface area contributed by atoms with E-state index >= 15 is 0 Å². The van der Waals surface area contributed by atoms with E-state index in [2.05, 4.69) is 15.3 Å². The van der Waals surface area contributed by atoms with Crippen LogP contribution in [-0.4, -0.2) is 23.6 Å². The van der Waals surface area contributed by atoms with Gasteiger partial charge in [-0.3, -0.25) is 0 Å². The zero-order chi connectivity index (χ0) is 14.5. The van der Waals surface area contributed by atoms with E-state index in [0.29, 0.717) is 18.0 Å². The minimum Gasteiger partial charge on any atom is -0.378 e. The third kappa shape index (κ3) is 3.30. The molecule has 0 bridgehead atoms. The topological polar surface area (TPSA) is 47.0 Å². The van der Waals surface area contributed by atoms with Crippen LogP contribution in [0.3, 0.4) is 0 Å². The lowest BCUT2D eigenvalue weighted by atomic mass is 10.1. The number of hydrogen-bond acceptors (Lipinski definition) is 4. The Labute approximate surface area is 118 Å². The van der Waals surface area contributed by atoms with Crippen molar-refractivity contribution < 1.29 is 9.13 Å². The van der Waals surface area contributed by atoms with Crippen molar-refractivity contribution in [1.82, 2.24) is 9.97 Å². The molecule has 1 heterocycles. The number of nitrogens with zero attached hydrogens (tertiary/aromatic N) is 2. The van der Waals surface area contributed by atoms with Crippen molar-refractivity contribution in [2.45, 2.75) is 20.5 Å². The van der Waals surface area contributed by atoms with E-state index in [9.17, 15) is 4.39 Å². The van der Waals surface area contributed by atoms with Gasteiger partial charge in [0.05, 0.1) is 12.3 Å². The molecule has 0 aliphatic carbocycles. The first-order valence-electron chi connectivity index (χ1n) is 6.51. The van der Waals surface area contributed by atoms with Gasteiger partial charge in [-0.1, -0.05) is 0 Å². The normalized spacial score (nSPS) is 10.6. The van der Waals surface area contributed by atoms with Crippen LogP contribution in [0.25, 0.3) is 11.4 Å². The Balaban J connectivity index is 2.45. The maximum absolute atomic E-state index is 13.3. The molecule has 1 aromatic heterocycles. The summed E-state index contributed by atoms with van der Waals surface area (Å²) in [5.41, 5.74) is 2.16. The van der Waals surface area contributed by atoms with Gasteiger partial charge in [-0.2, -0.15) is 0 Å². The standard InChI is InChI=1S/C15H18FN3O/c1-4-17-14-8-12(9-20-3)18-15(19-14)11-5-6-13(16)10(2)7-11/h5-8H,4,9H2,1-3H3,(H,17,18,19). The van der Waals surface area contributed by atoms with Gasteiger partial charge >= 0.3 is 0 Å². The summed E-state index contributed by atoms with van der Waals surface area (Å²) in [5.74, 6) is 1.08. The van der Waals surface area contributed by atoms with E-state index in [-0.39, 0.29) is 5.82 Å². The number of anilines is 1. The van der Waals surface area contributed by atoms with E-state index in [1.165, 1.54) is 6.07 Å². The molecule has 2 aromatic rings. The molecule has 0 saturated carbocycles. The minimum atomic E-state index is -0.228. The van der Waals surface area contributed by atoms with Crippen molar-refractivity contribution in [2.24, 2.45) is 0 Å². The van der Waals surface area contributed by atoms with Gasteiger partial charge in [-0.05, 0) is 37.6 Å². The summed E-state index contributed by atoms with van der Waals surface area (Å²) in [6.45, 7) is 4.91. The molecule has 0 spiro atoms. The second kappa shape index (κ2) is 6.43. The molecule has 0 aliphatic rings. The molecule has 0 unspecified atom stereocenters. The largest absolute Gasteiger partial charge is 0.378 e. The second-order valence-electron chi connectivity index (χ2n) is 4.50. The van der Waals surface area contributed by atoms with Crippen molar-refractivity contribution in [3.05, 3.63) is 41.3 Å². The molecule has 1 aromatic carbocycles. The van der Waals surface area contributed by atoms with E-state index < -0.39 is 0 Å². The first-order chi connectivity index (χ1) is 9.63. The fourth-order valence-corrected chi connectivity index (χ4v) is 1.90. The summed E-state index contributed by atoms with van der Waals surface area (Å²) in [6.07, 6.45) is 0. The second-order valence-corrected chi connectivity index (χ2v) is 4.50. The van der Waals surface area contributed by atoms with Crippen molar-refractivity contribution in [2.75, 3.05) is 19.0 Å². The number of rotatable bonds is 5. The van der Waals surface area contributed by atoms with Gasteiger partial charge in [0.1, 0.15) is 11.6 Å². The quantitative estimate of drug-likeness (QED) is 0.910. The monoisotopic (exact) mass is 275 g/mol. The summed E-state index contributed by atoms with van der Waals surface area (Å²) in [7, 11) is 1.62. The lowest BCUT2D eigenvalue weighted by molar-refractivity contribution is 0.181. The first-order valence-corrected chi connectivity index (χ1v) is 6.51. The first kappa shape index (κ1) is 14.4. The highest BCUT2D eigenvalue weighted by Gasteiger charge is 2.08. The van der Waals surface area contributed by atoms with Crippen molar-refractivity contribution >= 4 is 5.82 Å². The van der Waals surface area contributed by atoms with Gasteiger partial charge in [0.2, 0.25) is 0 Å². The number of benzene rings is 1. The van der Waals surface area contributed by atoms with Gasteiger partial charge in [0.15, 0.2) is 5.82 Å². The van der Waals surface area contributed by atoms with Crippen molar-refractivity contribution in [3.63, 3.8) is 0 Å². The number of aromatic nitrogens is 2. The molecule has 1 N–H and O–H groups in total. The summed E-state index contributed by atoms with van der Waals surface area (Å²) >= 11 is 0. The van der Waals surface area contributed by atoms with E-state index in [1.807, 2.05) is 13.0 Å². The molecule has 0 saturated heterocycles. The molecule has 4 nitrogen and oxygen atoms in total. The van der Waals surface area contributed by atoms with E-state index in [0.717, 1.165) is 23.6 Å². The van der Waals surface area contributed by atoms with Gasteiger partial charge in [-0.25, -0.2) is 14.4 Å². The smallest absolute Gasteiger partial charge is 0.161 e. The van der Waals surface area contributed by atoms with Crippen LogP contribution < -0.4 is 5.32 Å². The van der Waals surface area contributed by atoms with Gasteiger partial charge in [0, 0.05) is 25.3 Å². The van der Waals surface area contributed by atoms with Crippen LogP contribution >= 0.6 is 0 Å². The summed E-state index contributed by atoms with van der Waals surface area (Å²) in [4.78, 5) is 8.89. The molecule has 0 radical (unpaired) electrons.